The van der Waals surface area contributed by atoms with Crippen LogP contribution < -0.4 is 5.32 Å². The molecule has 0 atom stereocenters. The Hall–Kier alpha value is -0.0951. The van der Waals surface area contributed by atoms with Crippen molar-refractivity contribution in [3.63, 3.8) is 0 Å². The van der Waals surface area contributed by atoms with Crippen molar-refractivity contribution in [3.8, 4) is 0 Å². The number of piperidine rings is 1. The van der Waals surface area contributed by atoms with Crippen LogP contribution in [0.15, 0.2) is 0 Å². The van der Waals surface area contributed by atoms with Crippen LogP contribution in [0.4, 0.5) is 0 Å². The molecule has 5 heteroatoms. The summed E-state index contributed by atoms with van der Waals surface area (Å²) in [5.74, 6) is 0. The molecule has 2 heterocycles. The van der Waals surface area contributed by atoms with Crippen LogP contribution in [-0.4, -0.2) is 67.1 Å². The van der Waals surface area contributed by atoms with Crippen LogP contribution in [0.3, 0.4) is 0 Å². The van der Waals surface area contributed by atoms with Crippen LogP contribution in [-0.2, 0) is 0 Å². The van der Waals surface area contributed by atoms with Gasteiger partial charge in [-0.05, 0) is 32.8 Å². The van der Waals surface area contributed by atoms with Gasteiger partial charge >= 0.3 is 7.05 Å². The highest BCUT2D eigenvalue weighted by molar-refractivity contribution is 6.45. The summed E-state index contributed by atoms with van der Waals surface area (Å²) in [5.41, 5.74) is 0. The molecule has 0 spiro atoms. The molecule has 0 aromatic heterocycles. The predicted molar refractivity (Wildman–Crippen MR) is 62.9 cm³/mol. The lowest BCUT2D eigenvalue weighted by Gasteiger charge is -2.40. The number of hydrogen-bond donors (Lipinski definition) is 2. The van der Waals surface area contributed by atoms with E-state index < -0.39 is 0 Å². The van der Waals surface area contributed by atoms with Gasteiger partial charge in [0.1, 0.15) is 0 Å². The van der Waals surface area contributed by atoms with Gasteiger partial charge in [0, 0.05) is 32.2 Å². The standard InChI is InChI=1S/C10H22BN3O/c1-11(15)14-6-2-10(3-7-14)13-8-4-12-5-9-13/h10,12,15H,2-9H2,1H3. The second-order valence-electron chi connectivity index (χ2n) is 4.68. The quantitative estimate of drug-likeness (QED) is 0.602. The lowest BCUT2D eigenvalue weighted by atomic mass is 9.82. The molecule has 0 unspecified atom stereocenters. The van der Waals surface area contributed by atoms with E-state index in [2.05, 4.69) is 15.0 Å². The first-order valence-electron chi connectivity index (χ1n) is 6.14. The average Bonchev–Trinajstić information content (AvgIpc) is 2.30. The highest BCUT2D eigenvalue weighted by Crippen LogP contribution is 2.17. The van der Waals surface area contributed by atoms with E-state index in [0.29, 0.717) is 0 Å². The fraction of sp³-hybridized carbons (Fsp3) is 1.00. The summed E-state index contributed by atoms with van der Waals surface area (Å²) in [6.07, 6.45) is 2.43. The van der Waals surface area contributed by atoms with Crippen molar-refractivity contribution < 1.29 is 5.02 Å². The maximum absolute atomic E-state index is 9.48. The Kier molecular flexibility index (Phi) is 4.02. The van der Waals surface area contributed by atoms with E-state index in [-0.39, 0.29) is 7.05 Å². The third kappa shape index (κ3) is 2.94. The van der Waals surface area contributed by atoms with E-state index in [1.54, 1.807) is 0 Å². The fourth-order valence-electron chi connectivity index (χ4n) is 2.67. The Morgan fingerprint density at radius 2 is 1.73 bits per heavy atom. The summed E-state index contributed by atoms with van der Waals surface area (Å²) in [6, 6.07) is 0.752. The molecular formula is C10H22BN3O. The van der Waals surface area contributed by atoms with Crippen molar-refractivity contribution in [3.05, 3.63) is 0 Å². The minimum absolute atomic E-state index is 0.269. The summed E-state index contributed by atoms with van der Waals surface area (Å²) in [6.45, 7) is 8.62. The van der Waals surface area contributed by atoms with Crippen LogP contribution in [0.2, 0.25) is 6.82 Å². The molecule has 0 amide bonds. The van der Waals surface area contributed by atoms with Gasteiger partial charge in [0.05, 0.1) is 0 Å². The smallest absolute Gasteiger partial charge is 0.376 e. The number of nitrogens with one attached hydrogen (secondary N) is 1. The third-order valence-electron chi connectivity index (χ3n) is 3.70. The van der Waals surface area contributed by atoms with Gasteiger partial charge < -0.3 is 15.2 Å². The third-order valence-corrected chi connectivity index (χ3v) is 3.70. The molecule has 2 rings (SSSR count). The highest BCUT2D eigenvalue weighted by Gasteiger charge is 2.27. The molecule has 2 aliphatic heterocycles. The molecule has 2 fully saturated rings. The maximum Gasteiger partial charge on any atom is 0.376 e. The van der Waals surface area contributed by atoms with Crippen LogP contribution in [0.1, 0.15) is 12.8 Å². The zero-order valence-corrected chi connectivity index (χ0v) is 9.65. The minimum Gasteiger partial charge on any atom is -0.437 e. The van der Waals surface area contributed by atoms with Gasteiger partial charge in [-0.2, -0.15) is 0 Å². The topological polar surface area (TPSA) is 38.7 Å². The predicted octanol–water partition coefficient (Wildman–Crippen LogP) is -0.534. The molecule has 2 aliphatic rings. The normalized spacial score (nSPS) is 26.8. The second-order valence-corrected chi connectivity index (χ2v) is 4.68. The lowest BCUT2D eigenvalue weighted by Crippen LogP contribution is -2.53. The molecule has 4 nitrogen and oxygen atoms in total. The van der Waals surface area contributed by atoms with Crippen LogP contribution in [0.25, 0.3) is 0 Å². The Morgan fingerprint density at radius 3 is 2.27 bits per heavy atom. The van der Waals surface area contributed by atoms with Gasteiger partial charge in [-0.3, -0.25) is 4.90 Å². The first kappa shape index (κ1) is 11.4. The van der Waals surface area contributed by atoms with Crippen LogP contribution in [0.5, 0.6) is 0 Å². The summed E-state index contributed by atoms with van der Waals surface area (Å²) < 4.78 is 0. The molecule has 0 bridgehead atoms. The lowest BCUT2D eigenvalue weighted by molar-refractivity contribution is 0.120. The molecule has 0 saturated carbocycles. The van der Waals surface area contributed by atoms with Crippen LogP contribution >= 0.6 is 0 Å². The molecule has 0 aromatic carbocycles. The van der Waals surface area contributed by atoms with Crippen molar-refractivity contribution in [2.75, 3.05) is 39.3 Å². The summed E-state index contributed by atoms with van der Waals surface area (Å²) in [7, 11) is -0.269. The first-order chi connectivity index (χ1) is 7.27. The zero-order valence-electron chi connectivity index (χ0n) is 9.65. The van der Waals surface area contributed by atoms with Gasteiger partial charge in [-0.1, -0.05) is 0 Å². The van der Waals surface area contributed by atoms with Crippen molar-refractivity contribution in [2.45, 2.75) is 25.7 Å². The average molecular weight is 211 g/mol. The molecule has 0 radical (unpaired) electrons. The fourth-order valence-corrected chi connectivity index (χ4v) is 2.67. The Morgan fingerprint density at radius 1 is 1.13 bits per heavy atom. The maximum atomic E-state index is 9.48. The Bertz CT molecular complexity index is 189. The van der Waals surface area contributed by atoms with Gasteiger partial charge in [0.15, 0.2) is 0 Å². The largest absolute Gasteiger partial charge is 0.437 e. The molecule has 86 valence electrons. The van der Waals surface area contributed by atoms with Gasteiger partial charge in [-0.25, -0.2) is 0 Å². The van der Waals surface area contributed by atoms with Crippen LogP contribution in [0, 0.1) is 0 Å². The molecule has 0 aliphatic carbocycles. The van der Waals surface area contributed by atoms with E-state index in [0.717, 1.165) is 32.2 Å². The minimum atomic E-state index is -0.269. The van der Waals surface area contributed by atoms with Crippen molar-refractivity contribution >= 4 is 7.05 Å². The van der Waals surface area contributed by atoms with Gasteiger partial charge in [0.25, 0.3) is 0 Å². The van der Waals surface area contributed by atoms with Gasteiger partial charge in [0.2, 0.25) is 0 Å². The van der Waals surface area contributed by atoms with E-state index in [1.807, 2.05) is 6.82 Å². The molecular weight excluding hydrogens is 189 g/mol. The van der Waals surface area contributed by atoms with E-state index in [4.69, 9.17) is 0 Å². The van der Waals surface area contributed by atoms with E-state index >= 15 is 0 Å². The van der Waals surface area contributed by atoms with Crippen molar-refractivity contribution in [1.82, 2.24) is 15.0 Å². The molecule has 2 saturated heterocycles. The zero-order chi connectivity index (χ0) is 10.7. The number of nitrogens with zero attached hydrogens (tertiary/aromatic N) is 2. The van der Waals surface area contributed by atoms with E-state index in [1.165, 1.54) is 25.9 Å². The Labute approximate surface area is 92.8 Å². The highest BCUT2D eigenvalue weighted by atomic mass is 16.2. The van der Waals surface area contributed by atoms with Crippen molar-refractivity contribution in [2.24, 2.45) is 0 Å². The summed E-state index contributed by atoms with van der Waals surface area (Å²) in [4.78, 5) is 4.77. The van der Waals surface area contributed by atoms with Gasteiger partial charge in [-0.15, -0.1) is 0 Å². The first-order valence-corrected chi connectivity index (χ1v) is 6.14. The second kappa shape index (κ2) is 5.30. The summed E-state index contributed by atoms with van der Waals surface area (Å²) in [5, 5.41) is 12.9. The SMILES string of the molecule is CB(O)N1CCC(N2CCNCC2)CC1. The summed E-state index contributed by atoms with van der Waals surface area (Å²) >= 11 is 0. The number of rotatable bonds is 2. The number of piperazine rings is 1. The van der Waals surface area contributed by atoms with Crippen molar-refractivity contribution in [1.29, 1.82) is 0 Å². The van der Waals surface area contributed by atoms with E-state index in [9.17, 15) is 5.02 Å². The molecule has 15 heavy (non-hydrogen) atoms. The molecule has 0 aromatic rings. The number of hydrogen-bond acceptors (Lipinski definition) is 4. The Balaban J connectivity index is 1.77. The molecule has 2 N–H and O–H groups in total. The monoisotopic (exact) mass is 211 g/mol.